The summed E-state index contributed by atoms with van der Waals surface area (Å²) in [4.78, 5) is 36.7. The summed E-state index contributed by atoms with van der Waals surface area (Å²) < 4.78 is 10.7. The van der Waals surface area contributed by atoms with Gasteiger partial charge in [0.25, 0.3) is 5.69 Å². The van der Waals surface area contributed by atoms with Crippen molar-refractivity contribution >= 4 is 29.3 Å². The minimum atomic E-state index is -0.746. The molecule has 1 aliphatic heterocycles. The molecule has 0 radical (unpaired) electrons. The van der Waals surface area contributed by atoms with Crippen LogP contribution in [0.2, 0.25) is 0 Å². The normalized spacial score (nSPS) is 12.8. The molecular formula is C20H21N3O6S. The van der Waals surface area contributed by atoms with Gasteiger partial charge in [0.05, 0.1) is 29.8 Å². The van der Waals surface area contributed by atoms with E-state index in [1.165, 1.54) is 12.1 Å². The Kier molecular flexibility index (Phi) is 6.46. The molecule has 2 aromatic carbocycles. The molecule has 0 aromatic heterocycles. The van der Waals surface area contributed by atoms with E-state index in [1.54, 1.807) is 19.1 Å². The van der Waals surface area contributed by atoms with E-state index in [4.69, 9.17) is 15.2 Å². The lowest BCUT2D eigenvalue weighted by atomic mass is 9.99. The molecule has 2 amide bonds. The number of nitrogens with zero attached hydrogens (tertiary/aromatic N) is 2. The summed E-state index contributed by atoms with van der Waals surface area (Å²) >= 11 is 1.06. The molecule has 0 unspecified atom stereocenters. The van der Waals surface area contributed by atoms with Gasteiger partial charge in [-0.1, -0.05) is 0 Å². The summed E-state index contributed by atoms with van der Waals surface area (Å²) in [5, 5.41) is 11.3. The number of nitro groups is 1. The average Bonchev–Trinajstić information content (AvgIpc) is 2.75. The van der Waals surface area contributed by atoms with Gasteiger partial charge in [0.15, 0.2) is 11.5 Å². The Hall–Kier alpha value is -3.27. The molecule has 9 nitrogen and oxygen atoms in total. The van der Waals surface area contributed by atoms with Crippen molar-refractivity contribution in [2.24, 2.45) is 5.73 Å². The smallest absolute Gasteiger partial charge is 0.283 e. The van der Waals surface area contributed by atoms with Crippen molar-refractivity contribution in [1.29, 1.82) is 0 Å². The molecule has 0 atom stereocenters. The van der Waals surface area contributed by atoms with Gasteiger partial charge in [-0.3, -0.25) is 19.7 Å². The molecule has 0 saturated heterocycles. The first-order valence-electron chi connectivity index (χ1n) is 9.06. The minimum Gasteiger partial charge on any atom is -0.493 e. The van der Waals surface area contributed by atoms with Crippen LogP contribution >= 0.6 is 11.8 Å². The number of nitrogens with two attached hydrogens (primary N) is 1. The molecule has 30 heavy (non-hydrogen) atoms. The highest BCUT2D eigenvalue weighted by Crippen LogP contribution is 2.34. The predicted octanol–water partition coefficient (Wildman–Crippen LogP) is 2.39. The first-order valence-corrected chi connectivity index (χ1v) is 10.0. The fourth-order valence-corrected chi connectivity index (χ4v) is 4.17. The third-order valence-electron chi connectivity index (χ3n) is 4.86. The molecule has 2 aromatic rings. The van der Waals surface area contributed by atoms with Crippen LogP contribution in [0.5, 0.6) is 11.5 Å². The Bertz CT molecular complexity index is 1010. The predicted molar refractivity (Wildman–Crippen MR) is 111 cm³/mol. The fourth-order valence-electron chi connectivity index (χ4n) is 3.26. The maximum Gasteiger partial charge on any atom is 0.283 e. The highest BCUT2D eigenvalue weighted by Gasteiger charge is 2.24. The zero-order valence-corrected chi connectivity index (χ0v) is 17.4. The van der Waals surface area contributed by atoms with E-state index in [1.807, 2.05) is 12.1 Å². The maximum atomic E-state index is 12.7. The van der Waals surface area contributed by atoms with Gasteiger partial charge < -0.3 is 20.1 Å². The van der Waals surface area contributed by atoms with Crippen LogP contribution in [0.3, 0.4) is 0 Å². The van der Waals surface area contributed by atoms with Crippen LogP contribution in [0.25, 0.3) is 0 Å². The summed E-state index contributed by atoms with van der Waals surface area (Å²) in [6.45, 7) is 0.975. The molecular weight excluding hydrogens is 410 g/mol. The van der Waals surface area contributed by atoms with Crippen molar-refractivity contribution in [2.45, 2.75) is 17.9 Å². The van der Waals surface area contributed by atoms with Crippen molar-refractivity contribution in [1.82, 2.24) is 4.90 Å². The lowest BCUT2D eigenvalue weighted by Gasteiger charge is -2.29. The Balaban J connectivity index is 1.71. The molecule has 0 bridgehead atoms. The molecule has 0 saturated carbocycles. The fraction of sp³-hybridized carbons (Fsp3) is 0.300. The Morgan fingerprint density at radius 3 is 2.43 bits per heavy atom. The number of hydrogen-bond acceptors (Lipinski definition) is 7. The number of ether oxygens (including phenoxy) is 2. The van der Waals surface area contributed by atoms with E-state index in [9.17, 15) is 19.7 Å². The molecule has 2 N–H and O–H groups in total. The second kappa shape index (κ2) is 9.04. The monoisotopic (exact) mass is 431 g/mol. The number of nitro benzene ring substituents is 1. The molecule has 1 aliphatic rings. The van der Waals surface area contributed by atoms with Crippen LogP contribution < -0.4 is 15.2 Å². The van der Waals surface area contributed by atoms with Gasteiger partial charge in [-0.25, -0.2) is 0 Å². The van der Waals surface area contributed by atoms with Crippen LogP contribution in [0.4, 0.5) is 5.69 Å². The van der Waals surface area contributed by atoms with E-state index in [0.29, 0.717) is 35.9 Å². The second-order valence-electron chi connectivity index (χ2n) is 6.63. The molecule has 158 valence electrons. The van der Waals surface area contributed by atoms with Gasteiger partial charge in [-0.05, 0) is 41.8 Å². The largest absolute Gasteiger partial charge is 0.493 e. The first kappa shape index (κ1) is 21.4. The molecule has 1 heterocycles. The topological polar surface area (TPSA) is 125 Å². The summed E-state index contributed by atoms with van der Waals surface area (Å²) in [6.07, 6.45) is 0.680. The molecule has 0 aliphatic carbocycles. The van der Waals surface area contributed by atoms with Crippen LogP contribution in [0, 0.1) is 10.1 Å². The second-order valence-corrected chi connectivity index (χ2v) is 7.65. The van der Waals surface area contributed by atoms with Gasteiger partial charge in [0, 0.05) is 24.7 Å². The standard InChI is InChI=1S/C20H21N3O6S/c1-28-16-8-12-5-6-22(10-14(12)9-17(16)29-2)19(24)11-30-18-4-3-13(20(21)25)7-15(18)23(26)27/h3-4,7-9H,5-6,10-11H2,1-2H3,(H2,21,25). The number of fused-ring (bicyclic) bond motifs is 1. The van der Waals surface area contributed by atoms with Crippen molar-refractivity contribution in [3.8, 4) is 11.5 Å². The van der Waals surface area contributed by atoms with E-state index in [0.717, 1.165) is 29.0 Å². The summed E-state index contributed by atoms with van der Waals surface area (Å²) in [5.74, 6) is 0.418. The number of primary amides is 1. The van der Waals surface area contributed by atoms with Crippen molar-refractivity contribution in [2.75, 3.05) is 26.5 Å². The molecule has 3 rings (SSSR count). The van der Waals surface area contributed by atoms with Crippen LogP contribution in [-0.4, -0.2) is 48.2 Å². The number of rotatable bonds is 7. The molecule has 10 heteroatoms. The van der Waals surface area contributed by atoms with Gasteiger partial charge in [0.1, 0.15) is 0 Å². The number of benzene rings is 2. The first-order chi connectivity index (χ1) is 14.3. The van der Waals surface area contributed by atoms with E-state index >= 15 is 0 Å². The highest BCUT2D eigenvalue weighted by atomic mass is 32.2. The number of amides is 2. The zero-order valence-electron chi connectivity index (χ0n) is 16.5. The van der Waals surface area contributed by atoms with Crippen LogP contribution in [0.15, 0.2) is 35.2 Å². The quantitative estimate of drug-likeness (QED) is 0.405. The number of hydrogen-bond donors (Lipinski definition) is 1. The average molecular weight is 431 g/mol. The minimum absolute atomic E-state index is 0.0411. The van der Waals surface area contributed by atoms with Crippen LogP contribution in [-0.2, 0) is 17.8 Å². The Morgan fingerprint density at radius 1 is 1.17 bits per heavy atom. The SMILES string of the molecule is COc1cc2c(cc1OC)CN(C(=O)CSc1ccc(C(N)=O)cc1[N+](=O)[O-])CC2. The van der Waals surface area contributed by atoms with Gasteiger partial charge >= 0.3 is 0 Å². The van der Waals surface area contributed by atoms with E-state index < -0.39 is 10.8 Å². The summed E-state index contributed by atoms with van der Waals surface area (Å²) in [6, 6.07) is 7.78. The Labute approximate surface area is 177 Å². The van der Waals surface area contributed by atoms with Gasteiger partial charge in [0.2, 0.25) is 11.8 Å². The van der Waals surface area contributed by atoms with Crippen LogP contribution in [0.1, 0.15) is 21.5 Å². The lowest BCUT2D eigenvalue weighted by molar-refractivity contribution is -0.387. The Morgan fingerprint density at radius 2 is 1.83 bits per heavy atom. The van der Waals surface area contributed by atoms with Gasteiger partial charge in [-0.2, -0.15) is 0 Å². The summed E-state index contributed by atoms with van der Waals surface area (Å²) in [7, 11) is 3.14. The number of carbonyl (C=O) groups is 2. The number of carbonyl (C=O) groups excluding carboxylic acids is 2. The van der Waals surface area contributed by atoms with Crippen molar-refractivity contribution < 1.29 is 24.0 Å². The molecule has 0 fully saturated rings. The van der Waals surface area contributed by atoms with E-state index in [2.05, 4.69) is 0 Å². The van der Waals surface area contributed by atoms with E-state index in [-0.39, 0.29) is 22.9 Å². The third-order valence-corrected chi connectivity index (χ3v) is 5.91. The van der Waals surface area contributed by atoms with Crippen molar-refractivity contribution in [3.63, 3.8) is 0 Å². The van der Waals surface area contributed by atoms with Gasteiger partial charge in [-0.15, -0.1) is 11.8 Å². The third kappa shape index (κ3) is 4.48. The zero-order chi connectivity index (χ0) is 21.8. The number of methoxy groups -OCH3 is 2. The number of thioether (sulfide) groups is 1. The summed E-state index contributed by atoms with van der Waals surface area (Å²) in [5.41, 5.74) is 7.07. The van der Waals surface area contributed by atoms with Crippen molar-refractivity contribution in [3.05, 3.63) is 57.1 Å². The maximum absolute atomic E-state index is 12.7. The lowest BCUT2D eigenvalue weighted by Crippen LogP contribution is -2.37. The highest BCUT2D eigenvalue weighted by molar-refractivity contribution is 8.00. The molecule has 0 spiro atoms.